The number of nitrogens with one attached hydrogen (secondary N) is 2. The van der Waals surface area contributed by atoms with Crippen LogP contribution < -0.4 is 10.6 Å². The largest absolute Gasteiger partial charge is 0.324 e. The van der Waals surface area contributed by atoms with Crippen molar-refractivity contribution in [1.29, 1.82) is 0 Å². The zero-order valence-electron chi connectivity index (χ0n) is 16.7. The van der Waals surface area contributed by atoms with Crippen molar-refractivity contribution in [2.24, 2.45) is 0 Å². The zero-order valence-corrected chi connectivity index (χ0v) is 16.7. The first-order chi connectivity index (χ1) is 13.6. The molecule has 0 saturated carbocycles. The molecule has 0 radical (unpaired) electrons. The van der Waals surface area contributed by atoms with Crippen LogP contribution >= 0.6 is 0 Å². The van der Waals surface area contributed by atoms with E-state index in [2.05, 4.69) is 22.5 Å². The molecule has 1 heterocycles. The summed E-state index contributed by atoms with van der Waals surface area (Å²) in [6, 6.07) is 16.9. The third-order valence-corrected chi connectivity index (χ3v) is 5.39. The molecular formula is C23H29N3O2. The highest BCUT2D eigenvalue weighted by Gasteiger charge is 2.26. The number of hydrogen-bond acceptors (Lipinski definition) is 4. The molecule has 3 rings (SSSR count). The Morgan fingerprint density at radius 2 is 1.93 bits per heavy atom. The van der Waals surface area contributed by atoms with E-state index in [-0.39, 0.29) is 11.7 Å². The molecule has 2 aromatic rings. The average Bonchev–Trinajstić information content (AvgIpc) is 3.16. The maximum Gasteiger partial charge on any atom is 0.246 e. The molecule has 0 aromatic heterocycles. The number of ketones is 1. The van der Waals surface area contributed by atoms with Crippen molar-refractivity contribution in [2.75, 3.05) is 25.0 Å². The number of carbonyl (C=O) groups is 2. The highest BCUT2D eigenvalue weighted by molar-refractivity contribution is 5.98. The first-order valence-electron chi connectivity index (χ1n) is 10.0. The molecule has 1 amide bonds. The summed E-state index contributed by atoms with van der Waals surface area (Å²) in [5.74, 6) is -0.136. The van der Waals surface area contributed by atoms with Gasteiger partial charge in [-0.25, -0.2) is 0 Å². The van der Waals surface area contributed by atoms with Gasteiger partial charge in [-0.2, -0.15) is 0 Å². The fraction of sp³-hybridized carbons (Fsp3) is 0.391. The minimum atomic E-state index is -0.443. The number of Topliss-reactive ketones (excluding diaryl/α,β-unsaturated/α-hetero) is 1. The topological polar surface area (TPSA) is 61.4 Å². The van der Waals surface area contributed by atoms with Gasteiger partial charge in [0.25, 0.3) is 0 Å². The van der Waals surface area contributed by atoms with E-state index in [0.717, 1.165) is 31.6 Å². The summed E-state index contributed by atoms with van der Waals surface area (Å²) in [5.41, 5.74) is 2.16. The van der Waals surface area contributed by atoms with Crippen molar-refractivity contribution in [1.82, 2.24) is 10.2 Å². The minimum absolute atomic E-state index is 0.0188. The molecule has 0 bridgehead atoms. The van der Waals surface area contributed by atoms with Crippen molar-refractivity contribution >= 4 is 17.4 Å². The van der Waals surface area contributed by atoms with Crippen molar-refractivity contribution < 1.29 is 9.59 Å². The van der Waals surface area contributed by atoms with E-state index < -0.39 is 6.04 Å². The Kier molecular flexibility index (Phi) is 6.95. The van der Waals surface area contributed by atoms with Gasteiger partial charge in [0, 0.05) is 23.8 Å². The van der Waals surface area contributed by atoms with Gasteiger partial charge in [-0.3, -0.25) is 14.5 Å². The number of likely N-dealkylation sites (tertiary alicyclic amines) is 1. The van der Waals surface area contributed by atoms with Gasteiger partial charge < -0.3 is 10.6 Å². The molecule has 1 aliphatic heterocycles. The zero-order chi connectivity index (χ0) is 19.9. The number of nitrogens with zero attached hydrogens (tertiary/aromatic N) is 1. The van der Waals surface area contributed by atoms with E-state index in [1.54, 1.807) is 18.2 Å². The number of anilines is 1. The van der Waals surface area contributed by atoms with E-state index >= 15 is 0 Å². The van der Waals surface area contributed by atoms with Gasteiger partial charge in [0.1, 0.15) is 6.04 Å². The molecule has 0 aliphatic carbocycles. The Morgan fingerprint density at radius 1 is 1.14 bits per heavy atom. The van der Waals surface area contributed by atoms with Gasteiger partial charge in [-0.15, -0.1) is 0 Å². The lowest BCUT2D eigenvalue weighted by Gasteiger charge is -2.26. The fourth-order valence-corrected chi connectivity index (χ4v) is 3.83. The number of hydrogen-bond donors (Lipinski definition) is 2. The van der Waals surface area contributed by atoms with E-state index in [1.165, 1.54) is 13.3 Å². The SMILES string of the molecule is CCN1CCCC1CNC(C(=O)Nc1cccc(C(C)=O)c1)c1ccccc1. The van der Waals surface area contributed by atoms with Crippen LogP contribution in [0.1, 0.15) is 48.7 Å². The van der Waals surface area contributed by atoms with Crippen molar-refractivity contribution in [3.05, 3.63) is 65.7 Å². The van der Waals surface area contributed by atoms with Gasteiger partial charge >= 0.3 is 0 Å². The molecule has 1 saturated heterocycles. The predicted molar refractivity (Wildman–Crippen MR) is 113 cm³/mol. The van der Waals surface area contributed by atoms with Gasteiger partial charge in [-0.1, -0.05) is 49.4 Å². The molecular weight excluding hydrogens is 350 g/mol. The van der Waals surface area contributed by atoms with Crippen LogP contribution in [0.15, 0.2) is 54.6 Å². The number of likely N-dealkylation sites (N-methyl/N-ethyl adjacent to an activating group) is 1. The van der Waals surface area contributed by atoms with E-state index in [9.17, 15) is 9.59 Å². The first-order valence-corrected chi connectivity index (χ1v) is 10.0. The number of rotatable bonds is 8. The summed E-state index contributed by atoms with van der Waals surface area (Å²) >= 11 is 0. The minimum Gasteiger partial charge on any atom is -0.324 e. The van der Waals surface area contributed by atoms with E-state index in [0.29, 0.717) is 17.3 Å². The highest BCUT2D eigenvalue weighted by Crippen LogP contribution is 2.20. The molecule has 2 N–H and O–H groups in total. The summed E-state index contributed by atoms with van der Waals surface area (Å²) in [5, 5.41) is 6.45. The summed E-state index contributed by atoms with van der Waals surface area (Å²) in [4.78, 5) is 27.2. The normalized spacial score (nSPS) is 18.0. The molecule has 2 atom stereocenters. The molecule has 5 heteroatoms. The predicted octanol–water partition coefficient (Wildman–Crippen LogP) is 3.64. The van der Waals surface area contributed by atoms with Gasteiger partial charge in [0.15, 0.2) is 5.78 Å². The average molecular weight is 380 g/mol. The number of benzene rings is 2. The van der Waals surface area contributed by atoms with Gasteiger partial charge in [0.2, 0.25) is 5.91 Å². The summed E-state index contributed by atoms with van der Waals surface area (Å²) < 4.78 is 0. The second-order valence-electron chi connectivity index (χ2n) is 7.30. The highest BCUT2D eigenvalue weighted by atomic mass is 16.2. The summed E-state index contributed by atoms with van der Waals surface area (Å²) in [6.45, 7) is 6.64. The smallest absolute Gasteiger partial charge is 0.246 e. The Hall–Kier alpha value is -2.50. The molecule has 2 unspecified atom stereocenters. The quantitative estimate of drug-likeness (QED) is 0.688. The second-order valence-corrected chi connectivity index (χ2v) is 7.30. The van der Waals surface area contributed by atoms with Crippen LogP contribution in [0.3, 0.4) is 0 Å². The molecule has 0 spiro atoms. The fourth-order valence-electron chi connectivity index (χ4n) is 3.83. The van der Waals surface area contributed by atoms with Gasteiger partial charge in [0.05, 0.1) is 0 Å². The Morgan fingerprint density at radius 3 is 2.64 bits per heavy atom. The Bertz CT molecular complexity index is 807. The van der Waals surface area contributed by atoms with Crippen molar-refractivity contribution in [2.45, 2.75) is 38.8 Å². The Balaban J connectivity index is 1.74. The molecule has 5 nitrogen and oxygen atoms in total. The maximum absolute atomic E-state index is 13.1. The van der Waals surface area contributed by atoms with Crippen LogP contribution in [-0.2, 0) is 4.79 Å². The van der Waals surface area contributed by atoms with Crippen LogP contribution in [0, 0.1) is 0 Å². The van der Waals surface area contributed by atoms with Crippen LogP contribution in [0.2, 0.25) is 0 Å². The monoisotopic (exact) mass is 379 g/mol. The molecule has 2 aromatic carbocycles. The number of amides is 1. The maximum atomic E-state index is 13.1. The van der Waals surface area contributed by atoms with Crippen LogP contribution in [-0.4, -0.2) is 42.3 Å². The number of carbonyl (C=O) groups excluding carboxylic acids is 2. The third-order valence-electron chi connectivity index (χ3n) is 5.39. The first kappa shape index (κ1) is 20.2. The van der Waals surface area contributed by atoms with E-state index in [4.69, 9.17) is 0 Å². The summed E-state index contributed by atoms with van der Waals surface area (Å²) in [7, 11) is 0. The third kappa shape index (κ3) is 5.06. The lowest BCUT2D eigenvalue weighted by atomic mass is 10.0. The summed E-state index contributed by atoms with van der Waals surface area (Å²) in [6.07, 6.45) is 2.37. The van der Waals surface area contributed by atoms with Gasteiger partial charge in [-0.05, 0) is 50.6 Å². The second kappa shape index (κ2) is 9.62. The van der Waals surface area contributed by atoms with E-state index in [1.807, 2.05) is 36.4 Å². The molecule has 1 fully saturated rings. The molecule has 1 aliphatic rings. The van der Waals surface area contributed by atoms with Crippen LogP contribution in [0.4, 0.5) is 5.69 Å². The molecule has 28 heavy (non-hydrogen) atoms. The molecule has 148 valence electrons. The lowest BCUT2D eigenvalue weighted by Crippen LogP contribution is -2.42. The lowest BCUT2D eigenvalue weighted by molar-refractivity contribution is -0.118. The Labute approximate surface area is 167 Å². The standard InChI is InChI=1S/C23H29N3O2/c1-3-26-14-8-13-21(26)16-24-22(18-9-5-4-6-10-18)23(28)25-20-12-7-11-19(15-20)17(2)27/h4-7,9-12,15,21-22,24H,3,8,13-14,16H2,1-2H3,(H,25,28). The van der Waals surface area contributed by atoms with Crippen molar-refractivity contribution in [3.8, 4) is 0 Å². The van der Waals surface area contributed by atoms with Crippen LogP contribution in [0.25, 0.3) is 0 Å². The van der Waals surface area contributed by atoms with Crippen molar-refractivity contribution in [3.63, 3.8) is 0 Å². The van der Waals surface area contributed by atoms with Crippen LogP contribution in [0.5, 0.6) is 0 Å².